The Labute approximate surface area is 399 Å². The Morgan fingerprint density at radius 3 is 0.952 bits per heavy atom. The molecule has 0 spiro atoms. The second-order valence-electron chi connectivity index (χ2n) is 22.9. The van der Waals surface area contributed by atoms with Crippen LogP contribution < -0.4 is 5.79 Å². The van der Waals surface area contributed by atoms with Crippen LogP contribution in [-0.2, 0) is 10.8 Å². The van der Waals surface area contributed by atoms with Gasteiger partial charge in [0.15, 0.2) is 0 Å². The number of rotatable bonds is 26. The summed E-state index contributed by atoms with van der Waals surface area (Å²) >= 11 is -0.289. The number of benzene rings is 2. The number of unbranched alkanes of at least 4 members (excludes halogenated alkanes) is 4. The molecule has 2 heterocycles. The van der Waals surface area contributed by atoms with Crippen molar-refractivity contribution in [3.05, 3.63) is 58.7 Å². The second-order valence-corrected chi connectivity index (χ2v) is 55.9. The van der Waals surface area contributed by atoms with Gasteiger partial charge in [-0.05, 0) is 0 Å². The fourth-order valence-electron chi connectivity index (χ4n) is 12.4. The summed E-state index contributed by atoms with van der Waals surface area (Å²) in [5.41, 5.74) is 10.5. The first-order chi connectivity index (χ1) is 29.6. The van der Waals surface area contributed by atoms with Crippen molar-refractivity contribution in [2.45, 2.75) is 224 Å². The first-order valence-corrected chi connectivity index (χ1v) is 48.1. The molecule has 6 rings (SSSR count). The van der Waals surface area contributed by atoms with E-state index in [9.17, 15) is 0 Å². The Morgan fingerprint density at radius 1 is 0.419 bits per heavy atom. The quantitative estimate of drug-likeness (QED) is 0.0550. The fraction of sp³-hybridized carbons (Fsp3) is 0.690. The Morgan fingerprint density at radius 2 is 0.710 bits per heavy atom. The van der Waals surface area contributed by atoms with Crippen molar-refractivity contribution in [2.75, 3.05) is 0 Å². The van der Waals surface area contributed by atoms with Crippen molar-refractivity contribution in [3.8, 4) is 20.9 Å². The number of fused-ring (bicyclic) bond motifs is 9. The van der Waals surface area contributed by atoms with E-state index in [4.69, 9.17) is 0 Å². The van der Waals surface area contributed by atoms with Gasteiger partial charge in [-0.25, -0.2) is 0 Å². The third-order valence-corrected chi connectivity index (χ3v) is 37.5. The summed E-state index contributed by atoms with van der Waals surface area (Å²) in [6, 6.07) is 16.6. The first-order valence-electron chi connectivity index (χ1n) is 26.5. The molecule has 0 nitrogen and oxygen atoms in total. The van der Waals surface area contributed by atoms with E-state index in [-0.39, 0.29) is 10.8 Å². The maximum absolute atomic E-state index is 2.85. The minimum atomic E-state index is -2.41. The SMILES string of the molecule is CCCCC(CC)CC1(CC(CC)CCCC)c2c[c]([Sn]([CH3])([CH3])[CH3])sc2-c2c1ccc1c3c(ccc21)C(CC(CC)CCCC)(CC(CC)CCCC)c1c[c]([Sn]([CH3])([CH3])[CH3])sc1-3. The van der Waals surface area contributed by atoms with Crippen molar-refractivity contribution in [1.82, 2.24) is 0 Å². The normalized spacial score (nSPS) is 20.3. The van der Waals surface area contributed by atoms with Crippen LogP contribution in [0.25, 0.3) is 31.7 Å². The van der Waals surface area contributed by atoms with Gasteiger partial charge in [-0.3, -0.25) is 0 Å². The van der Waals surface area contributed by atoms with Crippen LogP contribution in [0.2, 0.25) is 29.6 Å². The molecule has 0 saturated heterocycles. The van der Waals surface area contributed by atoms with Crippen molar-refractivity contribution in [2.24, 2.45) is 23.7 Å². The van der Waals surface area contributed by atoms with Gasteiger partial charge in [0.1, 0.15) is 0 Å². The van der Waals surface area contributed by atoms with E-state index in [0.717, 1.165) is 23.7 Å². The van der Waals surface area contributed by atoms with Crippen molar-refractivity contribution in [1.29, 1.82) is 0 Å². The molecule has 2 aromatic heterocycles. The van der Waals surface area contributed by atoms with Crippen LogP contribution in [-0.4, -0.2) is 36.8 Å². The van der Waals surface area contributed by atoms with E-state index < -0.39 is 36.8 Å². The van der Waals surface area contributed by atoms with Gasteiger partial charge < -0.3 is 0 Å². The molecule has 0 saturated carbocycles. The molecule has 2 aliphatic rings. The van der Waals surface area contributed by atoms with Crippen LogP contribution in [0.4, 0.5) is 0 Å². The van der Waals surface area contributed by atoms with Crippen LogP contribution in [0.5, 0.6) is 0 Å². The molecule has 4 aromatic rings. The molecule has 0 radical (unpaired) electrons. The van der Waals surface area contributed by atoms with Gasteiger partial charge in [-0.2, -0.15) is 0 Å². The summed E-state index contributed by atoms with van der Waals surface area (Å²) in [5, 5.41) is 3.16. The number of thiophene rings is 2. The van der Waals surface area contributed by atoms with Gasteiger partial charge in [-0.1, -0.05) is 0 Å². The predicted molar refractivity (Wildman–Crippen MR) is 290 cm³/mol. The summed E-state index contributed by atoms with van der Waals surface area (Å²) in [6.45, 7) is 19.6. The zero-order valence-electron chi connectivity index (χ0n) is 42.7. The Hall–Kier alpha value is -0.303. The molecule has 4 heteroatoms. The van der Waals surface area contributed by atoms with Crippen molar-refractivity contribution < 1.29 is 0 Å². The average Bonchev–Trinajstić information content (AvgIpc) is 4.01. The van der Waals surface area contributed by atoms with Gasteiger partial charge in [0.25, 0.3) is 0 Å². The molecule has 0 N–H and O–H groups in total. The standard InChI is InChI=1S/C52H74S2.6CH3.2Sn/c1-9-17-21-37(13-5)33-51(34-38(14-6)22-18-10-2)43-27-25-42-41(47(43)49-45(51)29-31-53-49)26-28-44-48(42)50-46(30-32-54-50)52(44,35-39(15-7)23-19-11-3)36-40(16-8)24-20-12-4;;;;;;;;/h25-30,37-40H,9-24,33-36H2,1-8H3;6*1H3;;. The van der Waals surface area contributed by atoms with E-state index in [1.807, 2.05) is 0 Å². The molecule has 0 aliphatic heterocycles. The van der Waals surface area contributed by atoms with Crippen LogP contribution >= 0.6 is 22.7 Å². The monoisotopic (exact) mass is 1090 g/mol. The summed E-state index contributed by atoms with van der Waals surface area (Å²) < 4.78 is 3.58. The molecule has 0 fully saturated rings. The first kappa shape index (κ1) is 51.1. The zero-order chi connectivity index (χ0) is 45.0. The minimum absolute atomic E-state index is 0.111. The van der Waals surface area contributed by atoms with E-state index >= 15 is 0 Å². The van der Waals surface area contributed by atoms with Gasteiger partial charge in [0.05, 0.1) is 0 Å². The van der Waals surface area contributed by atoms with Gasteiger partial charge in [0, 0.05) is 0 Å². The molecular weight excluding hydrogens is 998 g/mol. The van der Waals surface area contributed by atoms with Crippen LogP contribution in [0.15, 0.2) is 36.4 Å². The molecule has 2 aromatic carbocycles. The van der Waals surface area contributed by atoms with E-state index in [1.165, 1.54) is 128 Å². The summed E-state index contributed by atoms with van der Waals surface area (Å²) in [5.74, 6) is 3.07. The number of hydrogen-bond acceptors (Lipinski definition) is 2. The van der Waals surface area contributed by atoms with Crippen molar-refractivity contribution >= 4 is 76.0 Å². The summed E-state index contributed by atoms with van der Waals surface area (Å²) in [6.07, 6.45) is 26.6. The number of hydrogen-bond donors (Lipinski definition) is 0. The molecular formula is C58H92S2Sn2. The molecule has 0 amide bonds. The molecule has 4 unspecified atom stereocenters. The predicted octanol–water partition coefficient (Wildman–Crippen LogP) is 19.0. The third kappa shape index (κ3) is 10.2. The van der Waals surface area contributed by atoms with Gasteiger partial charge >= 0.3 is 403 Å². The summed E-state index contributed by atoms with van der Waals surface area (Å²) in [7, 11) is 0. The fourth-order valence-corrected chi connectivity index (χ4v) is 25.4. The second kappa shape index (κ2) is 21.8. The molecule has 62 heavy (non-hydrogen) atoms. The topological polar surface area (TPSA) is 0 Å². The van der Waals surface area contributed by atoms with Gasteiger partial charge in [0.2, 0.25) is 0 Å². The maximum atomic E-state index is 2.85. The van der Waals surface area contributed by atoms with E-state index in [1.54, 1.807) is 59.7 Å². The van der Waals surface area contributed by atoms with Gasteiger partial charge in [-0.15, -0.1) is 0 Å². The van der Waals surface area contributed by atoms with Crippen LogP contribution in [0.3, 0.4) is 0 Å². The third-order valence-electron chi connectivity index (χ3n) is 16.4. The van der Waals surface area contributed by atoms with E-state index in [0.29, 0.717) is 0 Å². The zero-order valence-corrected chi connectivity index (χ0v) is 50.1. The Bertz CT molecular complexity index is 1880. The van der Waals surface area contributed by atoms with E-state index in [2.05, 4.69) is 144 Å². The van der Waals surface area contributed by atoms with Crippen molar-refractivity contribution in [3.63, 3.8) is 0 Å². The van der Waals surface area contributed by atoms with Crippen LogP contribution in [0.1, 0.15) is 206 Å². The van der Waals surface area contributed by atoms with Crippen LogP contribution in [0, 0.1) is 23.7 Å². The molecule has 2 aliphatic carbocycles. The molecule has 0 bridgehead atoms. The molecule has 344 valence electrons. The molecule has 4 atom stereocenters. The Balaban J connectivity index is 1.69. The average molecular weight is 1090 g/mol. The Kier molecular flexibility index (Phi) is 17.9. The summed E-state index contributed by atoms with van der Waals surface area (Å²) in [4.78, 5) is 19.4.